The third-order valence-corrected chi connectivity index (χ3v) is 6.74. The molecule has 0 amide bonds. The molecule has 0 aliphatic heterocycles. The zero-order valence-corrected chi connectivity index (χ0v) is 18.2. The highest BCUT2D eigenvalue weighted by atomic mass is 35.5. The van der Waals surface area contributed by atoms with E-state index in [1.54, 1.807) is 25.3 Å². The van der Waals surface area contributed by atoms with E-state index >= 15 is 0 Å². The third kappa shape index (κ3) is 3.96. The number of pyridine rings is 1. The van der Waals surface area contributed by atoms with E-state index in [1.165, 1.54) is 12.1 Å². The highest BCUT2D eigenvalue weighted by molar-refractivity contribution is 7.89. The largest absolute Gasteiger partial charge is 0.327 e. The Hall–Kier alpha value is -2.74. The van der Waals surface area contributed by atoms with Crippen molar-refractivity contribution in [3.05, 3.63) is 77.8 Å². The van der Waals surface area contributed by atoms with Crippen molar-refractivity contribution in [2.24, 2.45) is 0 Å². The predicted molar refractivity (Wildman–Crippen MR) is 119 cm³/mol. The van der Waals surface area contributed by atoms with Crippen LogP contribution >= 0.6 is 11.6 Å². The molecule has 0 saturated heterocycles. The highest BCUT2D eigenvalue weighted by Crippen LogP contribution is 2.27. The fourth-order valence-electron chi connectivity index (χ4n) is 3.49. The number of imidazole rings is 1. The number of halogens is 1. The van der Waals surface area contributed by atoms with Gasteiger partial charge in [-0.2, -0.15) is 0 Å². The summed E-state index contributed by atoms with van der Waals surface area (Å²) in [6.07, 6.45) is 3.54. The number of hydrogen-bond donors (Lipinski definition) is 1. The quantitative estimate of drug-likeness (QED) is 0.466. The van der Waals surface area contributed by atoms with E-state index in [1.807, 2.05) is 48.0 Å². The van der Waals surface area contributed by atoms with Crippen molar-refractivity contribution < 1.29 is 8.42 Å². The maximum absolute atomic E-state index is 12.8. The Morgan fingerprint density at radius 1 is 1.10 bits per heavy atom. The minimum Gasteiger partial charge on any atom is -0.327 e. The first kappa shape index (κ1) is 20.5. The first-order valence-corrected chi connectivity index (χ1v) is 11.4. The van der Waals surface area contributed by atoms with Crippen LogP contribution in [0, 0.1) is 0 Å². The molecule has 1 atom stereocenters. The summed E-state index contributed by atoms with van der Waals surface area (Å²) in [6.45, 7) is 4.48. The fourth-order valence-corrected chi connectivity index (χ4v) is 4.82. The average molecular weight is 441 g/mol. The molecule has 0 spiro atoms. The first-order valence-electron chi connectivity index (χ1n) is 9.57. The topological polar surface area (TPSA) is 76.9 Å². The molecule has 8 heteroatoms. The second kappa shape index (κ2) is 8.18. The van der Waals surface area contributed by atoms with Gasteiger partial charge in [0, 0.05) is 29.5 Å². The minimum atomic E-state index is -3.71. The summed E-state index contributed by atoms with van der Waals surface area (Å²) in [5, 5.41) is 0.485. The van der Waals surface area contributed by atoms with Crippen LogP contribution in [0.3, 0.4) is 0 Å². The van der Waals surface area contributed by atoms with Crippen LogP contribution in [0.2, 0.25) is 5.02 Å². The summed E-state index contributed by atoms with van der Waals surface area (Å²) in [5.41, 5.74) is 3.78. The van der Waals surface area contributed by atoms with Gasteiger partial charge in [0.05, 0.1) is 22.0 Å². The van der Waals surface area contributed by atoms with Crippen LogP contribution in [-0.4, -0.2) is 23.0 Å². The molecule has 0 fully saturated rings. The van der Waals surface area contributed by atoms with Crippen LogP contribution in [0.25, 0.3) is 22.2 Å². The van der Waals surface area contributed by atoms with E-state index in [4.69, 9.17) is 16.6 Å². The van der Waals surface area contributed by atoms with Crippen molar-refractivity contribution in [1.82, 2.24) is 19.3 Å². The van der Waals surface area contributed by atoms with Crippen molar-refractivity contribution in [3.8, 4) is 11.1 Å². The second-order valence-electron chi connectivity index (χ2n) is 6.96. The molecule has 2 aromatic heterocycles. The Morgan fingerprint density at radius 2 is 1.87 bits per heavy atom. The fraction of sp³-hybridized carbons (Fsp3) is 0.182. The molecule has 2 heterocycles. The van der Waals surface area contributed by atoms with Crippen molar-refractivity contribution in [3.63, 3.8) is 0 Å². The average Bonchev–Trinajstić information content (AvgIpc) is 3.12. The number of fused-ring (bicyclic) bond motifs is 1. The third-order valence-electron chi connectivity index (χ3n) is 4.93. The summed E-state index contributed by atoms with van der Waals surface area (Å²) in [5.74, 6) is 0.661. The lowest BCUT2D eigenvalue weighted by molar-refractivity contribution is 0.549. The molecule has 30 heavy (non-hydrogen) atoms. The zero-order chi connectivity index (χ0) is 21.3. The van der Waals surface area contributed by atoms with Gasteiger partial charge in [-0.15, -0.1) is 0 Å². The van der Waals surface area contributed by atoms with Gasteiger partial charge in [0.1, 0.15) is 5.82 Å². The number of hydrogen-bond acceptors (Lipinski definition) is 4. The number of nitrogens with zero attached hydrogens (tertiary/aromatic N) is 3. The molecule has 1 N–H and O–H groups in total. The molecule has 6 nitrogen and oxygen atoms in total. The van der Waals surface area contributed by atoms with Crippen LogP contribution in [0.5, 0.6) is 0 Å². The predicted octanol–water partition coefficient (Wildman–Crippen LogP) is 4.81. The summed E-state index contributed by atoms with van der Waals surface area (Å²) >= 11 is 5.87. The van der Waals surface area contributed by atoms with Crippen LogP contribution in [-0.2, 0) is 16.6 Å². The van der Waals surface area contributed by atoms with Crippen LogP contribution in [0.15, 0.2) is 71.9 Å². The molecule has 154 valence electrons. The van der Waals surface area contributed by atoms with Gasteiger partial charge in [0.2, 0.25) is 10.0 Å². The van der Waals surface area contributed by atoms with Crippen molar-refractivity contribution >= 4 is 32.7 Å². The maximum atomic E-state index is 12.8. The zero-order valence-electron chi connectivity index (χ0n) is 16.6. The molecule has 0 aliphatic carbocycles. The Balaban J connectivity index is 1.69. The lowest BCUT2D eigenvalue weighted by atomic mass is 10.1. The Bertz CT molecular complexity index is 1290. The summed E-state index contributed by atoms with van der Waals surface area (Å²) in [6, 6.07) is 15.5. The highest BCUT2D eigenvalue weighted by Gasteiger charge is 2.23. The van der Waals surface area contributed by atoms with Crippen LogP contribution < -0.4 is 4.72 Å². The Labute approximate surface area is 180 Å². The monoisotopic (exact) mass is 440 g/mol. The van der Waals surface area contributed by atoms with E-state index in [9.17, 15) is 8.42 Å². The van der Waals surface area contributed by atoms with E-state index in [0.29, 0.717) is 17.4 Å². The minimum absolute atomic E-state index is 0.164. The molecule has 0 saturated carbocycles. The van der Waals surface area contributed by atoms with Gasteiger partial charge in [-0.05, 0) is 61.9 Å². The second-order valence-corrected chi connectivity index (χ2v) is 9.11. The SMILES string of the molecule is CCn1c([C@@H](C)NS(=O)(=O)c2ccc(Cl)cc2)nc2cc(-c3cccnc3)ccc21. The summed E-state index contributed by atoms with van der Waals surface area (Å²) < 4.78 is 30.3. The lowest BCUT2D eigenvalue weighted by Crippen LogP contribution is -2.28. The molecule has 0 radical (unpaired) electrons. The van der Waals surface area contributed by atoms with Gasteiger partial charge < -0.3 is 4.57 Å². The summed E-state index contributed by atoms with van der Waals surface area (Å²) in [7, 11) is -3.71. The van der Waals surface area contributed by atoms with E-state index in [-0.39, 0.29) is 4.90 Å². The lowest BCUT2D eigenvalue weighted by Gasteiger charge is -2.15. The molecule has 4 aromatic rings. The number of benzene rings is 2. The normalized spacial score (nSPS) is 12.9. The van der Waals surface area contributed by atoms with Gasteiger partial charge in [0.15, 0.2) is 0 Å². The van der Waals surface area contributed by atoms with E-state index in [0.717, 1.165) is 22.2 Å². The van der Waals surface area contributed by atoms with Crippen molar-refractivity contribution in [2.45, 2.75) is 31.3 Å². The molecule has 0 bridgehead atoms. The number of sulfonamides is 1. The number of aryl methyl sites for hydroxylation is 1. The van der Waals surface area contributed by atoms with Crippen molar-refractivity contribution in [2.75, 3.05) is 0 Å². The number of nitrogens with one attached hydrogen (secondary N) is 1. The van der Waals surface area contributed by atoms with Gasteiger partial charge in [-0.1, -0.05) is 23.7 Å². The number of rotatable bonds is 6. The maximum Gasteiger partial charge on any atom is 0.241 e. The molecule has 2 aromatic carbocycles. The molecule has 0 aliphatic rings. The van der Waals surface area contributed by atoms with Crippen molar-refractivity contribution in [1.29, 1.82) is 0 Å². The van der Waals surface area contributed by atoms with Crippen LogP contribution in [0.4, 0.5) is 0 Å². The van der Waals surface area contributed by atoms with E-state index in [2.05, 4.69) is 9.71 Å². The smallest absolute Gasteiger partial charge is 0.241 e. The number of aromatic nitrogens is 3. The Morgan fingerprint density at radius 3 is 2.53 bits per heavy atom. The van der Waals surface area contributed by atoms with Crippen LogP contribution in [0.1, 0.15) is 25.7 Å². The van der Waals surface area contributed by atoms with Gasteiger partial charge in [0.25, 0.3) is 0 Å². The molecular weight excluding hydrogens is 420 g/mol. The van der Waals surface area contributed by atoms with Gasteiger partial charge in [-0.3, -0.25) is 4.98 Å². The Kier molecular flexibility index (Phi) is 5.60. The first-order chi connectivity index (χ1) is 14.4. The molecule has 0 unspecified atom stereocenters. The summed E-state index contributed by atoms with van der Waals surface area (Å²) in [4.78, 5) is 9.09. The molecular formula is C22H21ClN4O2S. The molecule has 4 rings (SSSR count). The van der Waals surface area contributed by atoms with Gasteiger partial charge >= 0.3 is 0 Å². The van der Waals surface area contributed by atoms with Gasteiger partial charge in [-0.25, -0.2) is 18.1 Å². The van der Waals surface area contributed by atoms with E-state index < -0.39 is 16.1 Å². The standard InChI is InChI=1S/C22H21ClN4O2S/c1-3-27-21-11-6-16(17-5-4-12-24-14-17)13-20(21)25-22(27)15(2)26-30(28,29)19-9-7-18(23)8-10-19/h4-15,26H,3H2,1-2H3/t15-/m1/s1.